The molecule has 0 unspecified atom stereocenters. The minimum absolute atomic E-state index is 0.886. The minimum Gasteiger partial charge on any atom is -0.497 e. The number of rotatable bonds is 4. The van der Waals surface area contributed by atoms with Crippen molar-refractivity contribution >= 4 is 0 Å². The molecule has 0 atom stereocenters. The van der Waals surface area contributed by atoms with Crippen molar-refractivity contribution in [1.29, 1.82) is 0 Å². The maximum absolute atomic E-state index is 5.58. The monoisotopic (exact) mass is 284 g/mol. The maximum Gasteiger partial charge on any atom is 0.122 e. The molecule has 0 radical (unpaired) electrons. The van der Waals surface area contributed by atoms with Gasteiger partial charge in [-0.05, 0) is 73.7 Å². The van der Waals surface area contributed by atoms with E-state index in [0.29, 0.717) is 0 Å². The van der Waals surface area contributed by atoms with E-state index >= 15 is 0 Å². The van der Waals surface area contributed by atoms with Crippen LogP contribution in [0.15, 0.2) is 24.3 Å². The van der Waals surface area contributed by atoms with Crippen molar-refractivity contribution in [3.05, 3.63) is 57.6 Å². The fraction of sp³-hybridized carbons (Fsp3) is 0.368. The highest BCUT2D eigenvalue weighted by atomic mass is 16.5. The molecule has 0 aromatic heterocycles. The van der Waals surface area contributed by atoms with Gasteiger partial charge in [-0.15, -0.1) is 0 Å². The first-order valence-corrected chi connectivity index (χ1v) is 7.24. The Balaban J connectivity index is 2.48. The third kappa shape index (κ3) is 3.21. The molecule has 2 nitrogen and oxygen atoms in total. The molecule has 0 fully saturated rings. The molecule has 2 heteroatoms. The molecular weight excluding hydrogens is 260 g/mol. The maximum atomic E-state index is 5.58. The molecule has 0 aliphatic heterocycles. The van der Waals surface area contributed by atoms with E-state index in [9.17, 15) is 0 Å². The summed E-state index contributed by atoms with van der Waals surface area (Å²) < 4.78 is 10.9. The normalized spacial score (nSPS) is 10.6. The van der Waals surface area contributed by atoms with E-state index in [2.05, 4.69) is 52.0 Å². The van der Waals surface area contributed by atoms with Gasteiger partial charge >= 0.3 is 0 Å². The minimum atomic E-state index is 0.886. The summed E-state index contributed by atoms with van der Waals surface area (Å²) in [6, 6.07) is 8.51. The smallest absolute Gasteiger partial charge is 0.122 e. The number of hydrogen-bond acceptors (Lipinski definition) is 2. The summed E-state index contributed by atoms with van der Waals surface area (Å²) in [6.07, 6.45) is 0.886. The van der Waals surface area contributed by atoms with E-state index in [1.54, 1.807) is 14.2 Å². The van der Waals surface area contributed by atoms with Gasteiger partial charge in [-0.1, -0.05) is 6.07 Å². The van der Waals surface area contributed by atoms with Crippen LogP contribution in [-0.4, -0.2) is 14.2 Å². The van der Waals surface area contributed by atoms with Crippen molar-refractivity contribution in [3.8, 4) is 11.5 Å². The van der Waals surface area contributed by atoms with Gasteiger partial charge in [0.1, 0.15) is 11.5 Å². The molecular formula is C19H24O2. The molecule has 0 bridgehead atoms. The van der Waals surface area contributed by atoms with Crippen LogP contribution in [0.1, 0.15) is 33.4 Å². The van der Waals surface area contributed by atoms with Crippen LogP contribution >= 0.6 is 0 Å². The van der Waals surface area contributed by atoms with Crippen LogP contribution in [0.5, 0.6) is 11.5 Å². The van der Waals surface area contributed by atoms with Crippen molar-refractivity contribution in [2.75, 3.05) is 14.2 Å². The average Bonchev–Trinajstić information content (AvgIpc) is 2.43. The van der Waals surface area contributed by atoms with E-state index in [0.717, 1.165) is 17.9 Å². The van der Waals surface area contributed by atoms with Crippen molar-refractivity contribution in [1.82, 2.24) is 0 Å². The summed E-state index contributed by atoms with van der Waals surface area (Å²) in [5, 5.41) is 0. The van der Waals surface area contributed by atoms with Crippen LogP contribution < -0.4 is 9.47 Å². The van der Waals surface area contributed by atoms with Crippen LogP contribution in [0.3, 0.4) is 0 Å². The van der Waals surface area contributed by atoms with Crippen molar-refractivity contribution in [3.63, 3.8) is 0 Å². The summed E-state index contributed by atoms with van der Waals surface area (Å²) in [6.45, 7) is 8.53. The second-order valence-electron chi connectivity index (χ2n) is 5.68. The van der Waals surface area contributed by atoms with Gasteiger partial charge in [0.2, 0.25) is 0 Å². The number of benzene rings is 2. The van der Waals surface area contributed by atoms with E-state index in [4.69, 9.17) is 9.47 Å². The Morgan fingerprint density at radius 1 is 0.714 bits per heavy atom. The van der Waals surface area contributed by atoms with Crippen LogP contribution in [0.25, 0.3) is 0 Å². The summed E-state index contributed by atoms with van der Waals surface area (Å²) in [4.78, 5) is 0. The van der Waals surface area contributed by atoms with Crippen molar-refractivity contribution in [2.45, 2.75) is 34.1 Å². The number of hydrogen-bond donors (Lipinski definition) is 0. The van der Waals surface area contributed by atoms with Crippen molar-refractivity contribution in [2.24, 2.45) is 0 Å². The molecule has 0 saturated carbocycles. The summed E-state index contributed by atoms with van der Waals surface area (Å²) in [5.74, 6) is 1.89. The summed E-state index contributed by atoms with van der Waals surface area (Å²) >= 11 is 0. The molecule has 112 valence electrons. The SMILES string of the molecule is COc1cc(C)c(Cc2c(C)cc(C)cc2OC)c(C)c1. The van der Waals surface area contributed by atoms with E-state index in [-0.39, 0.29) is 0 Å². The Bertz CT molecular complexity index is 634. The molecule has 0 amide bonds. The zero-order valence-electron chi connectivity index (χ0n) is 13.8. The van der Waals surface area contributed by atoms with Crippen LogP contribution in [0, 0.1) is 27.7 Å². The predicted molar refractivity (Wildman–Crippen MR) is 87.7 cm³/mol. The Hall–Kier alpha value is -1.96. The average molecular weight is 284 g/mol. The second-order valence-corrected chi connectivity index (χ2v) is 5.68. The third-order valence-electron chi connectivity index (χ3n) is 4.06. The van der Waals surface area contributed by atoms with E-state index < -0.39 is 0 Å². The Labute approximate surface area is 127 Å². The lowest BCUT2D eigenvalue weighted by atomic mass is 9.92. The van der Waals surface area contributed by atoms with Gasteiger partial charge in [-0.25, -0.2) is 0 Å². The highest BCUT2D eigenvalue weighted by molar-refractivity contribution is 5.49. The predicted octanol–water partition coefficient (Wildman–Crippen LogP) is 4.53. The van der Waals surface area contributed by atoms with Crippen LogP contribution in [0.2, 0.25) is 0 Å². The molecule has 2 rings (SSSR count). The molecule has 0 N–H and O–H groups in total. The van der Waals surface area contributed by atoms with Gasteiger partial charge in [-0.2, -0.15) is 0 Å². The van der Waals surface area contributed by atoms with Gasteiger partial charge in [0.15, 0.2) is 0 Å². The van der Waals surface area contributed by atoms with Gasteiger partial charge in [-0.3, -0.25) is 0 Å². The number of methoxy groups -OCH3 is 2. The first-order valence-electron chi connectivity index (χ1n) is 7.24. The molecule has 0 aliphatic carbocycles. The molecule has 0 spiro atoms. The lowest BCUT2D eigenvalue weighted by Crippen LogP contribution is -2.02. The topological polar surface area (TPSA) is 18.5 Å². The lowest BCUT2D eigenvalue weighted by molar-refractivity contribution is 0.409. The van der Waals surface area contributed by atoms with Gasteiger partial charge < -0.3 is 9.47 Å². The number of ether oxygens (including phenoxy) is 2. The van der Waals surface area contributed by atoms with E-state index in [1.807, 2.05) is 0 Å². The molecule has 0 saturated heterocycles. The highest BCUT2D eigenvalue weighted by Crippen LogP contribution is 2.30. The Morgan fingerprint density at radius 2 is 1.29 bits per heavy atom. The van der Waals surface area contributed by atoms with E-state index in [1.165, 1.54) is 33.4 Å². The van der Waals surface area contributed by atoms with Crippen LogP contribution in [0.4, 0.5) is 0 Å². The van der Waals surface area contributed by atoms with Gasteiger partial charge in [0, 0.05) is 12.0 Å². The fourth-order valence-corrected chi connectivity index (χ4v) is 2.89. The summed E-state index contributed by atoms with van der Waals surface area (Å²) in [5.41, 5.74) is 7.64. The standard InChI is InChI=1S/C19H24O2/c1-12-7-13(2)18(19(8-12)21-6)11-17-14(3)9-16(20-5)10-15(17)4/h7-10H,11H2,1-6H3. The van der Waals surface area contributed by atoms with Gasteiger partial charge in [0.05, 0.1) is 14.2 Å². The Morgan fingerprint density at radius 3 is 1.81 bits per heavy atom. The molecule has 2 aromatic carbocycles. The summed E-state index contributed by atoms with van der Waals surface area (Å²) in [7, 11) is 3.45. The molecule has 2 aromatic rings. The lowest BCUT2D eigenvalue weighted by Gasteiger charge is -2.17. The largest absolute Gasteiger partial charge is 0.497 e. The van der Waals surface area contributed by atoms with Crippen molar-refractivity contribution < 1.29 is 9.47 Å². The quantitative estimate of drug-likeness (QED) is 0.821. The zero-order chi connectivity index (χ0) is 15.6. The fourth-order valence-electron chi connectivity index (χ4n) is 2.89. The molecule has 0 aliphatic rings. The third-order valence-corrected chi connectivity index (χ3v) is 4.06. The Kier molecular flexibility index (Phi) is 4.56. The second kappa shape index (κ2) is 6.21. The highest BCUT2D eigenvalue weighted by Gasteiger charge is 2.12. The first kappa shape index (κ1) is 15.4. The zero-order valence-corrected chi connectivity index (χ0v) is 13.8. The van der Waals surface area contributed by atoms with Gasteiger partial charge in [0.25, 0.3) is 0 Å². The number of aryl methyl sites for hydroxylation is 4. The molecule has 0 heterocycles. The first-order chi connectivity index (χ1) is 9.96. The molecule has 21 heavy (non-hydrogen) atoms. The van der Waals surface area contributed by atoms with Crippen LogP contribution in [-0.2, 0) is 6.42 Å².